The van der Waals surface area contributed by atoms with Crippen LogP contribution >= 0.6 is 0 Å². The van der Waals surface area contributed by atoms with Gasteiger partial charge >= 0.3 is 0 Å². The number of amides is 1. The van der Waals surface area contributed by atoms with Crippen LogP contribution < -0.4 is 4.74 Å². The van der Waals surface area contributed by atoms with Crippen molar-refractivity contribution in [2.75, 3.05) is 33.3 Å². The van der Waals surface area contributed by atoms with Crippen LogP contribution in [0.3, 0.4) is 0 Å². The van der Waals surface area contributed by atoms with Gasteiger partial charge in [-0.2, -0.15) is 4.31 Å². The fourth-order valence-corrected chi connectivity index (χ4v) is 6.96. The number of aromatic hydroxyl groups is 1. The highest BCUT2D eigenvalue weighted by Gasteiger charge is 2.31. The Kier molecular flexibility index (Phi) is 10.4. The minimum atomic E-state index is -3.90. The summed E-state index contributed by atoms with van der Waals surface area (Å²) in [5.74, 6) is 0.476. The number of ether oxygens (including phenoxy) is 1. The van der Waals surface area contributed by atoms with Crippen molar-refractivity contribution in [3.63, 3.8) is 0 Å². The van der Waals surface area contributed by atoms with Gasteiger partial charge in [0.2, 0.25) is 10.0 Å². The van der Waals surface area contributed by atoms with Crippen LogP contribution in [0, 0.1) is 12.8 Å². The molecule has 4 rings (SSSR count). The Morgan fingerprint density at radius 3 is 2.32 bits per heavy atom. The number of carbonyl (C=O) groups is 1. The second-order valence-electron chi connectivity index (χ2n) is 10.7. The average molecular weight is 581 g/mol. The number of rotatable bonds is 13. The number of methoxy groups -OCH3 is 1. The summed E-state index contributed by atoms with van der Waals surface area (Å²) in [4.78, 5) is 15.4. The fourth-order valence-electron chi connectivity index (χ4n) is 5.41. The molecule has 0 radical (unpaired) electrons. The SMILES string of the molecule is COc1ccc(S(=O)(=O)N(CC2CCCC2)C[C@@H](O)CN(CCc2ccccc2)C(=O)c2cccc(O)c2C)cc1. The Balaban J connectivity index is 1.56. The van der Waals surface area contributed by atoms with Crippen molar-refractivity contribution >= 4 is 15.9 Å². The summed E-state index contributed by atoms with van der Waals surface area (Å²) in [6.07, 6.45) is 3.46. The summed E-state index contributed by atoms with van der Waals surface area (Å²) in [6, 6.07) is 20.8. The highest BCUT2D eigenvalue weighted by molar-refractivity contribution is 7.89. The average Bonchev–Trinajstić information content (AvgIpc) is 3.50. The highest BCUT2D eigenvalue weighted by Crippen LogP contribution is 2.29. The molecule has 1 aliphatic rings. The molecule has 0 heterocycles. The van der Waals surface area contributed by atoms with Crippen molar-refractivity contribution in [1.82, 2.24) is 9.21 Å². The molecule has 0 saturated heterocycles. The van der Waals surface area contributed by atoms with Gasteiger partial charge in [0, 0.05) is 37.3 Å². The van der Waals surface area contributed by atoms with E-state index >= 15 is 0 Å². The molecule has 2 N–H and O–H groups in total. The monoisotopic (exact) mass is 580 g/mol. The van der Waals surface area contributed by atoms with Gasteiger partial charge in [-0.3, -0.25) is 4.79 Å². The summed E-state index contributed by atoms with van der Waals surface area (Å²) >= 11 is 0. The molecule has 0 aliphatic heterocycles. The molecule has 0 unspecified atom stereocenters. The number of hydrogen-bond donors (Lipinski definition) is 2. The number of phenolic OH excluding ortho intramolecular Hbond substituents is 1. The van der Waals surface area contributed by atoms with E-state index in [9.17, 15) is 23.4 Å². The minimum absolute atomic E-state index is 0.0210. The van der Waals surface area contributed by atoms with Crippen molar-refractivity contribution in [2.24, 2.45) is 5.92 Å². The van der Waals surface area contributed by atoms with Gasteiger partial charge in [-0.25, -0.2) is 8.42 Å². The molecule has 3 aromatic carbocycles. The lowest BCUT2D eigenvalue weighted by atomic mass is 10.1. The van der Waals surface area contributed by atoms with Crippen molar-refractivity contribution in [3.05, 3.63) is 89.5 Å². The van der Waals surface area contributed by atoms with Crippen molar-refractivity contribution in [3.8, 4) is 11.5 Å². The van der Waals surface area contributed by atoms with Crippen LogP contribution in [0.4, 0.5) is 0 Å². The third kappa shape index (κ3) is 7.87. The summed E-state index contributed by atoms with van der Waals surface area (Å²) in [5, 5.41) is 21.5. The quantitative estimate of drug-likeness (QED) is 0.305. The molecule has 8 nitrogen and oxygen atoms in total. The molecule has 1 amide bonds. The molecule has 1 saturated carbocycles. The van der Waals surface area contributed by atoms with E-state index < -0.39 is 16.1 Å². The molecule has 0 bridgehead atoms. The number of sulfonamides is 1. The molecule has 0 aromatic heterocycles. The largest absolute Gasteiger partial charge is 0.508 e. The molecule has 3 aromatic rings. The number of benzene rings is 3. The van der Waals surface area contributed by atoms with E-state index in [0.717, 1.165) is 31.2 Å². The van der Waals surface area contributed by atoms with Gasteiger partial charge in [-0.15, -0.1) is 0 Å². The van der Waals surface area contributed by atoms with Gasteiger partial charge in [0.15, 0.2) is 0 Å². The van der Waals surface area contributed by atoms with Crippen LogP contribution in [0.5, 0.6) is 11.5 Å². The zero-order valence-electron chi connectivity index (χ0n) is 23.8. The third-order valence-electron chi connectivity index (χ3n) is 7.82. The van der Waals surface area contributed by atoms with E-state index in [1.54, 1.807) is 36.1 Å². The van der Waals surface area contributed by atoms with E-state index in [-0.39, 0.29) is 35.6 Å². The standard InChI is InChI=1S/C32H40N2O6S/c1-24-30(13-8-14-31(24)36)32(37)33(20-19-25-9-4-3-5-10-25)22-27(35)23-34(21-26-11-6-7-12-26)41(38,39)29-17-15-28(40-2)16-18-29/h3-5,8-10,13-18,26-27,35-36H,6-7,11-12,19-23H2,1-2H3/t27-/m0/s1. The maximum Gasteiger partial charge on any atom is 0.254 e. The number of aliphatic hydroxyl groups is 1. The number of phenols is 1. The predicted octanol–water partition coefficient (Wildman–Crippen LogP) is 4.64. The van der Waals surface area contributed by atoms with Gasteiger partial charge in [0.05, 0.1) is 18.1 Å². The maximum absolute atomic E-state index is 13.8. The van der Waals surface area contributed by atoms with Gasteiger partial charge in [0.1, 0.15) is 11.5 Å². The van der Waals surface area contributed by atoms with Gasteiger partial charge in [0.25, 0.3) is 5.91 Å². The van der Waals surface area contributed by atoms with Gasteiger partial charge in [-0.1, -0.05) is 49.2 Å². The van der Waals surface area contributed by atoms with Crippen LogP contribution in [0.15, 0.2) is 77.7 Å². The van der Waals surface area contributed by atoms with E-state index in [1.165, 1.54) is 29.6 Å². The molecule has 9 heteroatoms. The van der Waals surface area contributed by atoms with Crippen molar-refractivity contribution in [1.29, 1.82) is 0 Å². The second-order valence-corrected chi connectivity index (χ2v) is 12.7. The number of nitrogens with zero attached hydrogens (tertiary/aromatic N) is 2. The topological polar surface area (TPSA) is 107 Å². The Labute approximate surface area is 243 Å². The lowest BCUT2D eigenvalue weighted by molar-refractivity contribution is 0.0583. The molecule has 0 spiro atoms. The van der Waals surface area contributed by atoms with E-state index in [0.29, 0.717) is 36.4 Å². The first-order valence-electron chi connectivity index (χ1n) is 14.1. The van der Waals surface area contributed by atoms with E-state index in [1.807, 2.05) is 30.3 Å². The molecule has 1 fully saturated rings. The first kappa shape index (κ1) is 30.6. The van der Waals surface area contributed by atoms with Crippen LogP contribution in [0.1, 0.15) is 47.2 Å². The highest BCUT2D eigenvalue weighted by atomic mass is 32.2. The summed E-state index contributed by atoms with van der Waals surface area (Å²) in [6.45, 7) is 2.12. The Bertz CT molecular complexity index is 1390. The molecular weight excluding hydrogens is 540 g/mol. The van der Waals surface area contributed by atoms with Crippen LogP contribution in [-0.2, 0) is 16.4 Å². The number of carbonyl (C=O) groups excluding carboxylic acids is 1. The Morgan fingerprint density at radius 1 is 0.976 bits per heavy atom. The third-order valence-corrected chi connectivity index (χ3v) is 9.66. The minimum Gasteiger partial charge on any atom is -0.508 e. The van der Waals surface area contributed by atoms with Crippen molar-refractivity contribution < 1.29 is 28.2 Å². The van der Waals surface area contributed by atoms with Gasteiger partial charge in [-0.05, 0) is 74.1 Å². The summed E-state index contributed by atoms with van der Waals surface area (Å²) < 4.78 is 34.1. The molecule has 1 aliphatic carbocycles. The maximum atomic E-state index is 13.8. The lowest BCUT2D eigenvalue weighted by Crippen LogP contribution is -2.46. The zero-order valence-corrected chi connectivity index (χ0v) is 24.6. The first-order chi connectivity index (χ1) is 19.7. The smallest absolute Gasteiger partial charge is 0.254 e. The first-order valence-corrected chi connectivity index (χ1v) is 15.6. The molecule has 41 heavy (non-hydrogen) atoms. The Morgan fingerprint density at radius 2 is 1.66 bits per heavy atom. The molecule has 1 atom stereocenters. The fraction of sp³-hybridized carbons (Fsp3) is 0.406. The lowest BCUT2D eigenvalue weighted by Gasteiger charge is -2.31. The van der Waals surface area contributed by atoms with E-state index in [4.69, 9.17) is 4.74 Å². The number of aliphatic hydroxyl groups excluding tert-OH is 1. The van der Waals surface area contributed by atoms with E-state index in [2.05, 4.69) is 0 Å². The normalized spacial score (nSPS) is 14.7. The predicted molar refractivity (Wildman–Crippen MR) is 159 cm³/mol. The Hall–Kier alpha value is -3.40. The molecule has 220 valence electrons. The van der Waals surface area contributed by atoms with Gasteiger partial charge < -0.3 is 19.8 Å². The summed E-state index contributed by atoms with van der Waals surface area (Å²) in [7, 11) is -2.38. The van der Waals surface area contributed by atoms with Crippen LogP contribution in [0.25, 0.3) is 0 Å². The zero-order chi connectivity index (χ0) is 29.4. The second kappa shape index (κ2) is 14.0. The molecular formula is C32H40N2O6S. The summed E-state index contributed by atoms with van der Waals surface area (Å²) in [5.41, 5.74) is 1.85. The number of hydrogen-bond acceptors (Lipinski definition) is 6. The van der Waals surface area contributed by atoms with Crippen LogP contribution in [-0.4, -0.2) is 73.1 Å². The van der Waals surface area contributed by atoms with Crippen LogP contribution in [0.2, 0.25) is 0 Å². The van der Waals surface area contributed by atoms with Crippen molar-refractivity contribution in [2.45, 2.75) is 50.0 Å².